The molecule has 0 unspecified atom stereocenters. The number of halogens is 2. The second-order valence-electron chi connectivity index (χ2n) is 3.59. The van der Waals surface area contributed by atoms with Gasteiger partial charge in [-0.2, -0.15) is 4.98 Å². The third-order valence-corrected chi connectivity index (χ3v) is 2.51. The molecule has 0 bridgehead atoms. The number of rotatable bonds is 2. The molecule has 0 aliphatic heterocycles. The van der Waals surface area contributed by atoms with E-state index < -0.39 is 11.6 Å². The molecule has 0 aliphatic carbocycles. The van der Waals surface area contributed by atoms with Crippen LogP contribution in [0.5, 0.6) is 0 Å². The number of nitrogens with two attached hydrogens (primary N) is 1. The highest BCUT2D eigenvalue weighted by Gasteiger charge is 2.20. The molecule has 0 saturated heterocycles. The van der Waals surface area contributed by atoms with Crippen molar-refractivity contribution in [3.63, 3.8) is 0 Å². The van der Waals surface area contributed by atoms with Gasteiger partial charge < -0.3 is 14.7 Å². The van der Waals surface area contributed by atoms with E-state index in [4.69, 9.17) is 14.7 Å². The van der Waals surface area contributed by atoms with Crippen LogP contribution in [0.3, 0.4) is 0 Å². The molecular formula is C11H7F2N3O2. The molecule has 1 aromatic carbocycles. The maximum atomic E-state index is 13.8. The van der Waals surface area contributed by atoms with Crippen LogP contribution in [0.25, 0.3) is 22.4 Å². The van der Waals surface area contributed by atoms with Crippen LogP contribution in [0.4, 0.5) is 8.78 Å². The topological polar surface area (TPSA) is 78.1 Å². The lowest BCUT2D eigenvalue weighted by atomic mass is 10.1. The molecule has 0 spiro atoms. The smallest absolute Gasteiger partial charge is 0.240 e. The van der Waals surface area contributed by atoms with Crippen molar-refractivity contribution >= 4 is 11.0 Å². The van der Waals surface area contributed by atoms with Gasteiger partial charge in [-0.15, -0.1) is 0 Å². The Morgan fingerprint density at radius 3 is 2.83 bits per heavy atom. The number of benzene rings is 1. The first-order valence-electron chi connectivity index (χ1n) is 5.09. The Bertz CT molecular complexity index is 720. The molecule has 92 valence electrons. The Hall–Kier alpha value is -2.28. The molecule has 0 fully saturated rings. The summed E-state index contributed by atoms with van der Waals surface area (Å²) < 4.78 is 37.1. The zero-order valence-electron chi connectivity index (χ0n) is 8.98. The minimum absolute atomic E-state index is 0.0205. The van der Waals surface area contributed by atoms with Crippen LogP contribution in [0.15, 0.2) is 27.3 Å². The number of hydrogen-bond donors (Lipinski definition) is 1. The van der Waals surface area contributed by atoms with Gasteiger partial charge in [0.1, 0.15) is 17.2 Å². The lowest BCUT2D eigenvalue weighted by Gasteiger charge is -2.00. The molecule has 0 saturated carbocycles. The lowest BCUT2D eigenvalue weighted by molar-refractivity contribution is 0.380. The molecule has 0 radical (unpaired) electrons. The zero-order valence-corrected chi connectivity index (χ0v) is 8.98. The number of fused-ring (bicyclic) bond motifs is 1. The van der Waals surface area contributed by atoms with Crippen molar-refractivity contribution in [2.24, 2.45) is 5.73 Å². The van der Waals surface area contributed by atoms with E-state index in [0.29, 0.717) is 0 Å². The van der Waals surface area contributed by atoms with E-state index in [-0.39, 0.29) is 34.8 Å². The summed E-state index contributed by atoms with van der Waals surface area (Å²) in [5.41, 5.74) is 5.32. The molecule has 0 aliphatic rings. The van der Waals surface area contributed by atoms with Gasteiger partial charge in [-0.1, -0.05) is 5.16 Å². The Morgan fingerprint density at radius 2 is 2.11 bits per heavy atom. The first-order chi connectivity index (χ1) is 8.70. The van der Waals surface area contributed by atoms with E-state index in [2.05, 4.69) is 10.1 Å². The molecule has 2 aromatic heterocycles. The second kappa shape index (κ2) is 3.88. The van der Waals surface area contributed by atoms with E-state index >= 15 is 0 Å². The summed E-state index contributed by atoms with van der Waals surface area (Å²) in [4.78, 5) is 3.89. The Labute approximate surface area is 99.2 Å². The van der Waals surface area contributed by atoms with Crippen LogP contribution < -0.4 is 5.73 Å². The Morgan fingerprint density at radius 1 is 1.28 bits per heavy atom. The SMILES string of the molecule is NCc1nc(-c2c(F)cc(F)c3ccoc23)no1. The van der Waals surface area contributed by atoms with E-state index in [0.717, 1.165) is 6.07 Å². The first-order valence-corrected chi connectivity index (χ1v) is 5.09. The molecule has 2 heterocycles. The monoisotopic (exact) mass is 251 g/mol. The Balaban J connectivity index is 2.30. The van der Waals surface area contributed by atoms with Gasteiger partial charge in [0, 0.05) is 6.07 Å². The normalized spacial score (nSPS) is 11.3. The minimum atomic E-state index is -0.820. The van der Waals surface area contributed by atoms with Crippen molar-refractivity contribution in [1.29, 1.82) is 0 Å². The van der Waals surface area contributed by atoms with Gasteiger partial charge >= 0.3 is 0 Å². The van der Waals surface area contributed by atoms with Gasteiger partial charge in [0.15, 0.2) is 5.58 Å². The number of nitrogens with zero attached hydrogens (tertiary/aromatic N) is 2. The van der Waals surface area contributed by atoms with Gasteiger partial charge in [-0.3, -0.25) is 0 Å². The molecule has 7 heteroatoms. The van der Waals surface area contributed by atoms with Crippen LogP contribution in [0, 0.1) is 11.6 Å². The van der Waals surface area contributed by atoms with Crippen LogP contribution in [-0.2, 0) is 6.54 Å². The zero-order chi connectivity index (χ0) is 12.7. The highest BCUT2D eigenvalue weighted by Crippen LogP contribution is 2.32. The van der Waals surface area contributed by atoms with Crippen LogP contribution in [0.1, 0.15) is 5.89 Å². The van der Waals surface area contributed by atoms with Crippen molar-refractivity contribution in [2.45, 2.75) is 6.54 Å². The van der Waals surface area contributed by atoms with Crippen molar-refractivity contribution in [1.82, 2.24) is 10.1 Å². The molecule has 5 nitrogen and oxygen atoms in total. The summed E-state index contributed by atoms with van der Waals surface area (Å²) in [6.45, 7) is 0.0388. The van der Waals surface area contributed by atoms with E-state index in [1.54, 1.807) is 0 Å². The molecule has 0 atom stereocenters. The number of furan rings is 1. The number of aromatic nitrogens is 2. The van der Waals surface area contributed by atoms with Crippen LogP contribution >= 0.6 is 0 Å². The van der Waals surface area contributed by atoms with Crippen molar-refractivity contribution in [2.75, 3.05) is 0 Å². The van der Waals surface area contributed by atoms with Gasteiger partial charge in [-0.05, 0) is 6.07 Å². The van der Waals surface area contributed by atoms with E-state index in [9.17, 15) is 8.78 Å². The highest BCUT2D eigenvalue weighted by atomic mass is 19.1. The summed E-state index contributed by atoms with van der Waals surface area (Å²) >= 11 is 0. The maximum Gasteiger partial charge on any atom is 0.240 e. The van der Waals surface area contributed by atoms with Crippen molar-refractivity contribution < 1.29 is 17.7 Å². The van der Waals surface area contributed by atoms with Crippen LogP contribution in [0.2, 0.25) is 0 Å². The van der Waals surface area contributed by atoms with Crippen molar-refractivity contribution in [3.8, 4) is 11.4 Å². The van der Waals surface area contributed by atoms with Gasteiger partial charge in [0.05, 0.1) is 18.2 Å². The summed E-state index contributed by atoms with van der Waals surface area (Å²) in [6.07, 6.45) is 1.26. The quantitative estimate of drug-likeness (QED) is 0.755. The van der Waals surface area contributed by atoms with Crippen molar-refractivity contribution in [3.05, 3.63) is 35.9 Å². The molecule has 3 aromatic rings. The minimum Gasteiger partial charge on any atom is -0.463 e. The fraction of sp³-hybridized carbons (Fsp3) is 0.0909. The lowest BCUT2D eigenvalue weighted by Crippen LogP contribution is -1.96. The third kappa shape index (κ3) is 1.48. The predicted octanol–water partition coefficient (Wildman–Crippen LogP) is 2.22. The van der Waals surface area contributed by atoms with Crippen LogP contribution in [-0.4, -0.2) is 10.1 Å². The van der Waals surface area contributed by atoms with Gasteiger partial charge in [0.2, 0.25) is 11.7 Å². The molecule has 18 heavy (non-hydrogen) atoms. The fourth-order valence-electron chi connectivity index (χ4n) is 1.71. The maximum absolute atomic E-state index is 13.8. The molecule has 0 amide bonds. The molecular weight excluding hydrogens is 244 g/mol. The van der Waals surface area contributed by atoms with Gasteiger partial charge in [0.25, 0.3) is 0 Å². The second-order valence-corrected chi connectivity index (χ2v) is 3.59. The average Bonchev–Trinajstić information content (AvgIpc) is 2.97. The highest BCUT2D eigenvalue weighted by molar-refractivity contribution is 5.91. The fourth-order valence-corrected chi connectivity index (χ4v) is 1.71. The largest absolute Gasteiger partial charge is 0.463 e. The molecule has 3 rings (SSSR count). The summed E-state index contributed by atoms with van der Waals surface area (Å²) in [7, 11) is 0. The number of hydrogen-bond acceptors (Lipinski definition) is 5. The van der Waals surface area contributed by atoms with E-state index in [1.165, 1.54) is 12.3 Å². The Kier molecular flexibility index (Phi) is 2.34. The standard InChI is InChI=1S/C11H7F2N3O2/c12-6-3-7(13)9(10-5(6)1-2-17-10)11-15-8(4-14)18-16-11/h1-3H,4,14H2. The summed E-state index contributed by atoms with van der Waals surface area (Å²) in [5, 5.41) is 3.75. The first kappa shape index (κ1) is 10.8. The molecule has 2 N–H and O–H groups in total. The third-order valence-electron chi connectivity index (χ3n) is 2.51. The summed E-state index contributed by atoms with van der Waals surface area (Å²) in [6, 6.07) is 2.16. The van der Waals surface area contributed by atoms with E-state index in [1.807, 2.05) is 0 Å². The predicted molar refractivity (Wildman–Crippen MR) is 57.3 cm³/mol. The average molecular weight is 251 g/mol. The van der Waals surface area contributed by atoms with Gasteiger partial charge in [-0.25, -0.2) is 8.78 Å². The summed E-state index contributed by atoms with van der Waals surface area (Å²) in [5.74, 6) is -1.39.